The van der Waals surface area contributed by atoms with Crippen molar-refractivity contribution in [2.24, 2.45) is 0 Å². The molecule has 1 aliphatic rings. The Morgan fingerprint density at radius 1 is 1.38 bits per heavy atom. The molecule has 3 heterocycles. The van der Waals surface area contributed by atoms with Crippen LogP contribution in [0.15, 0.2) is 29.0 Å². The van der Waals surface area contributed by atoms with Crippen LogP contribution in [0, 0.1) is 0 Å². The number of anilines is 2. The van der Waals surface area contributed by atoms with Crippen molar-refractivity contribution in [3.8, 4) is 0 Å². The van der Waals surface area contributed by atoms with Gasteiger partial charge < -0.3 is 19.5 Å². The number of furan rings is 1. The molecule has 128 valence electrons. The van der Waals surface area contributed by atoms with Crippen LogP contribution >= 0.6 is 0 Å². The third-order valence-electron chi connectivity index (χ3n) is 4.16. The maximum Gasteiger partial charge on any atom is 0.289 e. The predicted molar refractivity (Wildman–Crippen MR) is 90.0 cm³/mol. The average Bonchev–Trinajstić information content (AvgIpc) is 3.16. The Balaban J connectivity index is 1.60. The van der Waals surface area contributed by atoms with E-state index >= 15 is 0 Å². The summed E-state index contributed by atoms with van der Waals surface area (Å²) >= 11 is 0. The maximum atomic E-state index is 12.3. The van der Waals surface area contributed by atoms with Gasteiger partial charge in [0.25, 0.3) is 5.91 Å². The summed E-state index contributed by atoms with van der Waals surface area (Å²) in [7, 11) is 0. The molecule has 8 nitrogen and oxygen atoms in total. The highest BCUT2D eigenvalue weighted by Gasteiger charge is 2.24. The van der Waals surface area contributed by atoms with Gasteiger partial charge in [-0.25, -0.2) is 0 Å². The third-order valence-corrected chi connectivity index (χ3v) is 4.16. The van der Waals surface area contributed by atoms with Crippen LogP contribution in [-0.4, -0.2) is 58.2 Å². The van der Waals surface area contributed by atoms with Crippen molar-refractivity contribution in [1.29, 1.82) is 0 Å². The normalized spacial score (nSPS) is 16.1. The van der Waals surface area contributed by atoms with Crippen molar-refractivity contribution in [1.82, 2.24) is 20.1 Å². The maximum absolute atomic E-state index is 12.3. The van der Waals surface area contributed by atoms with E-state index in [1.54, 1.807) is 23.2 Å². The molecule has 1 fully saturated rings. The summed E-state index contributed by atoms with van der Waals surface area (Å²) in [5.74, 6) is 1.63. The highest BCUT2D eigenvalue weighted by atomic mass is 16.3. The second kappa shape index (κ2) is 7.29. The molecule has 3 rings (SSSR count). The minimum Gasteiger partial charge on any atom is -0.459 e. The van der Waals surface area contributed by atoms with Gasteiger partial charge in [-0.1, -0.05) is 6.92 Å². The molecule has 1 N–H and O–H groups in total. The van der Waals surface area contributed by atoms with Gasteiger partial charge in [0.15, 0.2) is 11.6 Å². The molecular weight excluding hydrogens is 308 g/mol. The highest BCUT2D eigenvalue weighted by Crippen LogP contribution is 2.16. The molecule has 2 aromatic heterocycles. The average molecular weight is 330 g/mol. The Morgan fingerprint density at radius 3 is 2.83 bits per heavy atom. The summed E-state index contributed by atoms with van der Waals surface area (Å²) in [6, 6.07) is 3.71. The first-order valence-electron chi connectivity index (χ1n) is 8.21. The predicted octanol–water partition coefficient (Wildman–Crippen LogP) is 1.64. The summed E-state index contributed by atoms with van der Waals surface area (Å²) in [5.41, 5.74) is 0. The molecule has 1 unspecified atom stereocenters. The van der Waals surface area contributed by atoms with Crippen LogP contribution in [-0.2, 0) is 0 Å². The quantitative estimate of drug-likeness (QED) is 0.891. The van der Waals surface area contributed by atoms with Crippen LogP contribution in [0.5, 0.6) is 0 Å². The number of nitrogens with one attached hydrogen (secondary N) is 1. The lowest BCUT2D eigenvalue weighted by Gasteiger charge is -2.34. The summed E-state index contributed by atoms with van der Waals surface area (Å²) in [4.78, 5) is 20.7. The van der Waals surface area contributed by atoms with Crippen LogP contribution in [0.2, 0.25) is 0 Å². The smallest absolute Gasteiger partial charge is 0.289 e. The number of piperazine rings is 1. The van der Waals surface area contributed by atoms with E-state index in [0.29, 0.717) is 43.9 Å². The Labute approximate surface area is 140 Å². The van der Waals surface area contributed by atoms with E-state index in [1.807, 2.05) is 0 Å². The van der Waals surface area contributed by atoms with E-state index in [-0.39, 0.29) is 5.91 Å². The molecule has 0 radical (unpaired) electrons. The van der Waals surface area contributed by atoms with Crippen LogP contribution in [0.1, 0.15) is 30.8 Å². The van der Waals surface area contributed by atoms with Crippen molar-refractivity contribution in [3.63, 3.8) is 0 Å². The zero-order valence-corrected chi connectivity index (χ0v) is 14.0. The van der Waals surface area contributed by atoms with Crippen molar-refractivity contribution in [2.75, 3.05) is 36.4 Å². The lowest BCUT2D eigenvalue weighted by Crippen LogP contribution is -2.49. The lowest BCUT2D eigenvalue weighted by molar-refractivity contribution is 0.0714. The molecule has 1 saturated heterocycles. The van der Waals surface area contributed by atoms with Crippen molar-refractivity contribution in [3.05, 3.63) is 30.4 Å². The Bertz CT molecular complexity index is 667. The minimum atomic E-state index is -0.0698. The number of amides is 1. The first-order valence-corrected chi connectivity index (χ1v) is 8.21. The zero-order chi connectivity index (χ0) is 16.9. The Morgan fingerprint density at radius 2 is 2.17 bits per heavy atom. The van der Waals surface area contributed by atoms with Gasteiger partial charge in [-0.2, -0.15) is 10.1 Å². The molecule has 0 aromatic carbocycles. The number of rotatable bonds is 5. The van der Waals surface area contributed by atoms with Crippen LogP contribution < -0.4 is 10.2 Å². The van der Waals surface area contributed by atoms with E-state index in [1.165, 1.54) is 6.26 Å². The number of carbonyl (C=O) groups is 1. The van der Waals surface area contributed by atoms with Gasteiger partial charge in [-0.05, 0) is 25.5 Å². The second-order valence-corrected chi connectivity index (χ2v) is 5.85. The van der Waals surface area contributed by atoms with Gasteiger partial charge in [-0.3, -0.25) is 4.79 Å². The van der Waals surface area contributed by atoms with E-state index < -0.39 is 0 Å². The van der Waals surface area contributed by atoms with Crippen LogP contribution in [0.3, 0.4) is 0 Å². The highest BCUT2D eigenvalue weighted by molar-refractivity contribution is 5.91. The van der Waals surface area contributed by atoms with Gasteiger partial charge in [0, 0.05) is 32.2 Å². The van der Waals surface area contributed by atoms with Crippen molar-refractivity contribution >= 4 is 17.7 Å². The Hall–Kier alpha value is -2.64. The van der Waals surface area contributed by atoms with Crippen molar-refractivity contribution < 1.29 is 9.21 Å². The molecule has 24 heavy (non-hydrogen) atoms. The number of aromatic nitrogens is 3. The molecule has 8 heteroatoms. The van der Waals surface area contributed by atoms with E-state index in [4.69, 9.17) is 4.42 Å². The number of hydrogen-bond donors (Lipinski definition) is 1. The fourth-order valence-electron chi connectivity index (χ4n) is 2.53. The third kappa shape index (κ3) is 3.64. The molecule has 1 aliphatic heterocycles. The summed E-state index contributed by atoms with van der Waals surface area (Å²) in [6.07, 6.45) is 4.16. The monoisotopic (exact) mass is 330 g/mol. The van der Waals surface area contributed by atoms with Gasteiger partial charge in [0.2, 0.25) is 5.95 Å². The molecular formula is C16H22N6O2. The molecule has 2 aromatic rings. The summed E-state index contributed by atoms with van der Waals surface area (Å²) in [5, 5.41) is 11.3. The first-order chi connectivity index (χ1) is 11.7. The molecule has 1 atom stereocenters. The van der Waals surface area contributed by atoms with Gasteiger partial charge in [-0.15, -0.1) is 5.10 Å². The second-order valence-electron chi connectivity index (χ2n) is 5.85. The SMILES string of the molecule is CCC(C)Nc1nncc(N2CCN(C(=O)c3ccco3)CC2)n1. The Kier molecular flexibility index (Phi) is 4.93. The molecule has 1 amide bonds. The molecule has 0 spiro atoms. The van der Waals surface area contributed by atoms with E-state index in [0.717, 1.165) is 12.2 Å². The fraction of sp³-hybridized carbons (Fsp3) is 0.500. The lowest BCUT2D eigenvalue weighted by atomic mass is 10.3. The fourth-order valence-corrected chi connectivity index (χ4v) is 2.53. The van der Waals surface area contributed by atoms with E-state index in [9.17, 15) is 4.79 Å². The summed E-state index contributed by atoms with van der Waals surface area (Å²) < 4.78 is 5.18. The minimum absolute atomic E-state index is 0.0698. The zero-order valence-electron chi connectivity index (χ0n) is 14.0. The van der Waals surface area contributed by atoms with Crippen molar-refractivity contribution in [2.45, 2.75) is 26.3 Å². The van der Waals surface area contributed by atoms with Crippen LogP contribution in [0.4, 0.5) is 11.8 Å². The van der Waals surface area contributed by atoms with Crippen LogP contribution in [0.25, 0.3) is 0 Å². The first kappa shape index (κ1) is 16.2. The number of carbonyl (C=O) groups excluding carboxylic acids is 1. The number of nitrogens with zero attached hydrogens (tertiary/aromatic N) is 5. The van der Waals surface area contributed by atoms with Gasteiger partial charge in [0.1, 0.15) is 0 Å². The largest absolute Gasteiger partial charge is 0.459 e. The van der Waals surface area contributed by atoms with E-state index in [2.05, 4.69) is 39.2 Å². The number of hydrogen-bond acceptors (Lipinski definition) is 7. The van der Waals surface area contributed by atoms with Gasteiger partial charge >= 0.3 is 0 Å². The topological polar surface area (TPSA) is 87.4 Å². The molecule has 0 saturated carbocycles. The molecule has 0 bridgehead atoms. The van der Waals surface area contributed by atoms with Gasteiger partial charge in [0.05, 0.1) is 12.5 Å². The standard InChI is InChI=1S/C16H22N6O2/c1-3-12(2)18-16-19-14(11-17-20-16)21-6-8-22(9-7-21)15(23)13-5-4-10-24-13/h4-5,10-12H,3,6-9H2,1-2H3,(H,18,19,20). The molecule has 0 aliphatic carbocycles. The summed E-state index contributed by atoms with van der Waals surface area (Å²) in [6.45, 7) is 6.83.